The van der Waals surface area contributed by atoms with Gasteiger partial charge in [0.1, 0.15) is 5.52 Å². The van der Waals surface area contributed by atoms with Gasteiger partial charge < -0.3 is 16.8 Å². The van der Waals surface area contributed by atoms with Gasteiger partial charge in [-0.05, 0) is 30.3 Å². The average molecular weight is 335 g/mol. The molecule has 3 rings (SSSR count). The van der Waals surface area contributed by atoms with Crippen molar-refractivity contribution in [2.45, 2.75) is 6.54 Å². The van der Waals surface area contributed by atoms with E-state index in [1.54, 1.807) is 24.3 Å². The standard InChI is InChI=1S/C14H12Cl2N6/c15-7-1-3-9(16)11(5-7)19-6-8-2-4-10-12(20-8)13(17)22-14(18)21-10/h1-5,19H,6H2,(H4,17,18,21,22). The Bertz CT molecular complexity index is 852. The monoisotopic (exact) mass is 334 g/mol. The normalized spacial score (nSPS) is 10.8. The van der Waals surface area contributed by atoms with Crippen molar-refractivity contribution in [2.75, 3.05) is 16.8 Å². The molecule has 0 aliphatic heterocycles. The highest BCUT2D eigenvalue weighted by Crippen LogP contribution is 2.26. The van der Waals surface area contributed by atoms with Crippen molar-refractivity contribution < 1.29 is 0 Å². The van der Waals surface area contributed by atoms with Gasteiger partial charge in [0.2, 0.25) is 5.95 Å². The Morgan fingerprint density at radius 3 is 2.64 bits per heavy atom. The number of hydrogen-bond donors (Lipinski definition) is 3. The average Bonchev–Trinajstić information content (AvgIpc) is 2.48. The molecule has 1 aromatic carbocycles. The van der Waals surface area contributed by atoms with E-state index in [2.05, 4.69) is 20.3 Å². The first-order valence-corrected chi connectivity index (χ1v) is 7.16. The van der Waals surface area contributed by atoms with Crippen LogP contribution in [0, 0.1) is 0 Å². The number of benzene rings is 1. The summed E-state index contributed by atoms with van der Waals surface area (Å²) in [6.45, 7) is 0.458. The zero-order valence-corrected chi connectivity index (χ0v) is 12.9. The third-order valence-corrected chi connectivity index (χ3v) is 3.60. The second-order valence-electron chi connectivity index (χ2n) is 4.62. The molecule has 2 heterocycles. The number of pyridine rings is 1. The maximum Gasteiger partial charge on any atom is 0.222 e. The number of nitrogens with zero attached hydrogens (tertiary/aromatic N) is 3. The Balaban J connectivity index is 1.87. The highest BCUT2D eigenvalue weighted by molar-refractivity contribution is 6.35. The van der Waals surface area contributed by atoms with Crippen LogP contribution in [0.2, 0.25) is 10.0 Å². The second-order valence-corrected chi connectivity index (χ2v) is 5.46. The van der Waals surface area contributed by atoms with Gasteiger partial charge in [0.05, 0.1) is 28.5 Å². The molecule has 0 amide bonds. The number of aromatic nitrogens is 3. The van der Waals surface area contributed by atoms with Crippen LogP contribution >= 0.6 is 23.2 Å². The van der Waals surface area contributed by atoms with E-state index in [1.165, 1.54) is 0 Å². The molecule has 0 atom stereocenters. The summed E-state index contributed by atoms with van der Waals surface area (Å²) < 4.78 is 0. The van der Waals surface area contributed by atoms with Crippen molar-refractivity contribution in [3.05, 3.63) is 46.1 Å². The molecule has 0 saturated carbocycles. The summed E-state index contributed by atoms with van der Waals surface area (Å²) >= 11 is 12.1. The Hall–Kier alpha value is -2.31. The number of halogens is 2. The molecule has 0 radical (unpaired) electrons. The minimum absolute atomic E-state index is 0.128. The van der Waals surface area contributed by atoms with E-state index in [9.17, 15) is 0 Å². The third-order valence-electron chi connectivity index (χ3n) is 3.03. The fourth-order valence-electron chi connectivity index (χ4n) is 2.01. The fourth-order valence-corrected chi connectivity index (χ4v) is 2.37. The van der Waals surface area contributed by atoms with E-state index < -0.39 is 0 Å². The van der Waals surface area contributed by atoms with Gasteiger partial charge in [-0.15, -0.1) is 0 Å². The van der Waals surface area contributed by atoms with Crippen LogP contribution in [-0.2, 0) is 6.54 Å². The largest absolute Gasteiger partial charge is 0.382 e. The van der Waals surface area contributed by atoms with Crippen molar-refractivity contribution in [2.24, 2.45) is 0 Å². The predicted octanol–water partition coefficient (Wildman–Crippen LogP) is 3.11. The molecule has 22 heavy (non-hydrogen) atoms. The molecule has 0 fully saturated rings. The van der Waals surface area contributed by atoms with Crippen molar-refractivity contribution in [1.82, 2.24) is 15.0 Å². The van der Waals surface area contributed by atoms with E-state index in [4.69, 9.17) is 34.7 Å². The van der Waals surface area contributed by atoms with E-state index in [0.29, 0.717) is 27.6 Å². The van der Waals surface area contributed by atoms with Gasteiger partial charge in [-0.2, -0.15) is 4.98 Å². The quantitative estimate of drug-likeness (QED) is 0.680. The van der Waals surface area contributed by atoms with Crippen LogP contribution in [0.1, 0.15) is 5.69 Å². The summed E-state index contributed by atoms with van der Waals surface area (Å²) in [6, 6.07) is 8.84. The predicted molar refractivity (Wildman–Crippen MR) is 89.9 cm³/mol. The van der Waals surface area contributed by atoms with Gasteiger partial charge in [0.25, 0.3) is 0 Å². The molecule has 0 aliphatic carbocycles. The van der Waals surface area contributed by atoms with Crippen LogP contribution < -0.4 is 16.8 Å². The number of fused-ring (bicyclic) bond motifs is 1. The zero-order chi connectivity index (χ0) is 15.7. The molecule has 2 aromatic heterocycles. The van der Waals surface area contributed by atoms with Gasteiger partial charge in [-0.25, -0.2) is 9.97 Å². The maximum absolute atomic E-state index is 6.10. The van der Waals surface area contributed by atoms with Crippen LogP contribution in [0.5, 0.6) is 0 Å². The molecular weight excluding hydrogens is 323 g/mol. The SMILES string of the molecule is Nc1nc(N)c2nc(CNc3cc(Cl)ccc3Cl)ccc2n1. The third kappa shape index (κ3) is 2.98. The Kier molecular flexibility index (Phi) is 3.87. The van der Waals surface area contributed by atoms with Gasteiger partial charge in [0.15, 0.2) is 5.82 Å². The fraction of sp³-hybridized carbons (Fsp3) is 0.0714. The lowest BCUT2D eigenvalue weighted by atomic mass is 10.2. The minimum Gasteiger partial charge on any atom is -0.382 e. The first-order chi connectivity index (χ1) is 10.5. The second kappa shape index (κ2) is 5.82. The van der Waals surface area contributed by atoms with E-state index in [1.807, 2.05) is 6.07 Å². The molecule has 0 unspecified atom stereocenters. The molecule has 0 spiro atoms. The first kappa shape index (κ1) is 14.6. The Labute approximate surface area is 136 Å². The maximum atomic E-state index is 6.10. The highest BCUT2D eigenvalue weighted by Gasteiger charge is 2.07. The molecule has 6 nitrogen and oxygen atoms in total. The van der Waals surface area contributed by atoms with E-state index in [0.717, 1.165) is 11.4 Å². The number of nitrogens with two attached hydrogens (primary N) is 2. The van der Waals surface area contributed by atoms with Gasteiger partial charge in [-0.1, -0.05) is 23.2 Å². The van der Waals surface area contributed by atoms with Gasteiger partial charge in [0, 0.05) is 5.02 Å². The van der Waals surface area contributed by atoms with Crippen LogP contribution in [-0.4, -0.2) is 15.0 Å². The lowest BCUT2D eigenvalue weighted by Crippen LogP contribution is -2.05. The lowest BCUT2D eigenvalue weighted by molar-refractivity contribution is 1.06. The summed E-state index contributed by atoms with van der Waals surface area (Å²) in [6.07, 6.45) is 0. The summed E-state index contributed by atoms with van der Waals surface area (Å²) in [5.41, 5.74) is 14.0. The number of hydrogen-bond acceptors (Lipinski definition) is 6. The van der Waals surface area contributed by atoms with Crippen molar-refractivity contribution in [3.8, 4) is 0 Å². The van der Waals surface area contributed by atoms with Crippen molar-refractivity contribution >= 4 is 51.7 Å². The van der Waals surface area contributed by atoms with Crippen molar-refractivity contribution in [3.63, 3.8) is 0 Å². The molecule has 0 saturated heterocycles. The minimum atomic E-state index is 0.128. The smallest absolute Gasteiger partial charge is 0.222 e. The first-order valence-electron chi connectivity index (χ1n) is 6.40. The molecular formula is C14H12Cl2N6. The van der Waals surface area contributed by atoms with Crippen molar-refractivity contribution in [1.29, 1.82) is 0 Å². The topological polar surface area (TPSA) is 103 Å². The number of anilines is 3. The highest BCUT2D eigenvalue weighted by atomic mass is 35.5. The molecule has 0 bridgehead atoms. The Morgan fingerprint density at radius 1 is 1.00 bits per heavy atom. The lowest BCUT2D eigenvalue weighted by Gasteiger charge is -2.09. The van der Waals surface area contributed by atoms with Gasteiger partial charge in [-0.3, -0.25) is 0 Å². The molecule has 5 N–H and O–H groups in total. The summed E-state index contributed by atoms with van der Waals surface area (Å²) in [7, 11) is 0. The molecule has 3 aromatic rings. The number of nitrogen functional groups attached to an aromatic ring is 2. The van der Waals surface area contributed by atoms with Crippen LogP contribution in [0.25, 0.3) is 11.0 Å². The number of nitrogens with one attached hydrogen (secondary N) is 1. The van der Waals surface area contributed by atoms with E-state index in [-0.39, 0.29) is 11.8 Å². The zero-order valence-electron chi connectivity index (χ0n) is 11.3. The molecule has 8 heteroatoms. The molecule has 112 valence electrons. The van der Waals surface area contributed by atoms with Crippen LogP contribution in [0.3, 0.4) is 0 Å². The Morgan fingerprint density at radius 2 is 1.82 bits per heavy atom. The van der Waals surface area contributed by atoms with Gasteiger partial charge >= 0.3 is 0 Å². The summed E-state index contributed by atoms with van der Waals surface area (Å²) in [5.74, 6) is 0.383. The summed E-state index contributed by atoms with van der Waals surface area (Å²) in [5, 5.41) is 4.37. The van der Waals surface area contributed by atoms with E-state index >= 15 is 0 Å². The summed E-state index contributed by atoms with van der Waals surface area (Å²) in [4.78, 5) is 12.4. The van der Waals surface area contributed by atoms with Crippen LogP contribution in [0.4, 0.5) is 17.5 Å². The number of rotatable bonds is 3. The van der Waals surface area contributed by atoms with Crippen LogP contribution in [0.15, 0.2) is 30.3 Å². The molecule has 0 aliphatic rings.